The Bertz CT molecular complexity index is 656. The van der Waals surface area contributed by atoms with Gasteiger partial charge in [-0.3, -0.25) is 0 Å². The van der Waals surface area contributed by atoms with Crippen LogP contribution in [-0.2, 0) is 0 Å². The summed E-state index contributed by atoms with van der Waals surface area (Å²) in [4.78, 5) is 6.91. The number of anilines is 1. The van der Waals surface area contributed by atoms with Crippen molar-refractivity contribution in [1.29, 1.82) is 0 Å². The van der Waals surface area contributed by atoms with E-state index in [1.165, 1.54) is 18.4 Å². The van der Waals surface area contributed by atoms with Gasteiger partial charge in [-0.1, -0.05) is 12.1 Å². The number of aromatic nitrogens is 1. The van der Waals surface area contributed by atoms with Crippen molar-refractivity contribution in [2.24, 2.45) is 0 Å². The Morgan fingerprint density at radius 1 is 1.26 bits per heavy atom. The molecule has 0 N–H and O–H groups in total. The van der Waals surface area contributed by atoms with E-state index in [4.69, 9.17) is 4.42 Å². The summed E-state index contributed by atoms with van der Waals surface area (Å²) in [6, 6.07) is 11.3. The van der Waals surface area contributed by atoms with Crippen LogP contribution >= 0.6 is 11.3 Å². The predicted octanol–water partition coefficient (Wildman–Crippen LogP) is 4.23. The lowest BCUT2D eigenvalue weighted by Gasteiger charge is -2.21. The summed E-state index contributed by atoms with van der Waals surface area (Å²) in [7, 11) is 0. The van der Waals surface area contributed by atoms with Crippen LogP contribution in [0.5, 0.6) is 0 Å². The molecule has 19 heavy (non-hydrogen) atoms. The van der Waals surface area contributed by atoms with Crippen LogP contribution in [0.15, 0.2) is 45.5 Å². The Balaban J connectivity index is 1.74. The number of para-hydroxylation sites is 2. The Hall–Kier alpha value is -1.81. The van der Waals surface area contributed by atoms with Gasteiger partial charge in [0.25, 0.3) is 6.01 Å². The number of fused-ring (bicyclic) bond motifs is 1. The average molecular weight is 270 g/mol. The summed E-state index contributed by atoms with van der Waals surface area (Å²) < 4.78 is 5.90. The lowest BCUT2D eigenvalue weighted by atomic mass is 10.1. The highest BCUT2D eigenvalue weighted by Gasteiger charge is 2.29. The smallest absolute Gasteiger partial charge is 0.298 e. The fourth-order valence-corrected chi connectivity index (χ4v) is 3.50. The van der Waals surface area contributed by atoms with Crippen LogP contribution in [0.25, 0.3) is 11.1 Å². The van der Waals surface area contributed by atoms with Crippen molar-refractivity contribution in [3.63, 3.8) is 0 Å². The molecule has 2 aromatic heterocycles. The van der Waals surface area contributed by atoms with Gasteiger partial charge in [0, 0.05) is 6.54 Å². The van der Waals surface area contributed by atoms with Gasteiger partial charge in [-0.05, 0) is 47.4 Å². The maximum absolute atomic E-state index is 5.90. The number of hydrogen-bond acceptors (Lipinski definition) is 4. The molecule has 3 nitrogen and oxygen atoms in total. The molecule has 0 bridgehead atoms. The molecule has 0 saturated carbocycles. The molecule has 3 aromatic rings. The third kappa shape index (κ3) is 1.83. The summed E-state index contributed by atoms with van der Waals surface area (Å²) in [6.07, 6.45) is 2.37. The molecule has 1 aliphatic heterocycles. The van der Waals surface area contributed by atoms with E-state index in [-0.39, 0.29) is 0 Å². The van der Waals surface area contributed by atoms with E-state index < -0.39 is 0 Å². The first kappa shape index (κ1) is 11.1. The highest BCUT2D eigenvalue weighted by Crippen LogP contribution is 2.37. The van der Waals surface area contributed by atoms with Crippen molar-refractivity contribution >= 4 is 28.5 Å². The number of oxazole rings is 1. The predicted molar refractivity (Wildman–Crippen MR) is 77.6 cm³/mol. The summed E-state index contributed by atoms with van der Waals surface area (Å²) in [5.41, 5.74) is 3.19. The van der Waals surface area contributed by atoms with Gasteiger partial charge in [0.05, 0.1) is 6.04 Å². The number of thiophene rings is 1. The number of nitrogens with zero attached hydrogens (tertiary/aromatic N) is 2. The third-order valence-corrected chi connectivity index (χ3v) is 4.41. The summed E-state index contributed by atoms with van der Waals surface area (Å²) in [6.45, 7) is 1.02. The monoisotopic (exact) mass is 270 g/mol. The molecule has 0 aliphatic carbocycles. The zero-order chi connectivity index (χ0) is 12.7. The fourth-order valence-electron chi connectivity index (χ4n) is 2.79. The minimum atomic E-state index is 0.416. The molecule has 4 heteroatoms. The van der Waals surface area contributed by atoms with Gasteiger partial charge in [-0.25, -0.2) is 0 Å². The number of hydrogen-bond donors (Lipinski definition) is 0. The highest BCUT2D eigenvalue weighted by atomic mass is 32.1. The maximum Gasteiger partial charge on any atom is 0.298 e. The third-order valence-electron chi connectivity index (χ3n) is 3.71. The molecule has 1 fully saturated rings. The Morgan fingerprint density at radius 2 is 2.21 bits per heavy atom. The van der Waals surface area contributed by atoms with Gasteiger partial charge >= 0.3 is 0 Å². The van der Waals surface area contributed by atoms with Crippen molar-refractivity contribution in [3.05, 3.63) is 46.7 Å². The molecule has 0 amide bonds. The molecular weight excluding hydrogens is 256 g/mol. The van der Waals surface area contributed by atoms with E-state index in [1.807, 2.05) is 24.3 Å². The molecule has 0 unspecified atom stereocenters. The number of benzene rings is 1. The molecular formula is C15H14N2OS. The molecule has 1 saturated heterocycles. The quantitative estimate of drug-likeness (QED) is 0.698. The Morgan fingerprint density at radius 3 is 3.05 bits per heavy atom. The Labute approximate surface area is 115 Å². The Kier molecular flexibility index (Phi) is 2.55. The van der Waals surface area contributed by atoms with E-state index in [1.54, 1.807) is 11.3 Å². The second kappa shape index (κ2) is 4.38. The van der Waals surface area contributed by atoms with E-state index in [9.17, 15) is 0 Å². The largest absolute Gasteiger partial charge is 0.423 e. The van der Waals surface area contributed by atoms with E-state index in [0.717, 1.165) is 23.7 Å². The van der Waals surface area contributed by atoms with Gasteiger partial charge in [0.15, 0.2) is 5.58 Å². The molecule has 1 aliphatic rings. The maximum atomic E-state index is 5.90. The van der Waals surface area contributed by atoms with Crippen LogP contribution in [0.4, 0.5) is 6.01 Å². The molecule has 4 rings (SSSR count). The van der Waals surface area contributed by atoms with E-state index in [0.29, 0.717) is 6.04 Å². The van der Waals surface area contributed by atoms with Crippen LogP contribution in [0.3, 0.4) is 0 Å². The first-order valence-electron chi connectivity index (χ1n) is 6.56. The molecule has 1 atom stereocenters. The molecule has 96 valence electrons. The average Bonchev–Trinajstić information content (AvgIpc) is 3.17. The summed E-state index contributed by atoms with van der Waals surface area (Å²) in [5.74, 6) is 0. The van der Waals surface area contributed by atoms with Crippen molar-refractivity contribution < 1.29 is 4.42 Å². The van der Waals surface area contributed by atoms with Crippen LogP contribution in [0, 0.1) is 0 Å². The zero-order valence-electron chi connectivity index (χ0n) is 10.5. The normalized spacial score (nSPS) is 19.4. The molecule has 0 spiro atoms. The lowest BCUT2D eigenvalue weighted by molar-refractivity contribution is 0.557. The first-order chi connectivity index (χ1) is 9.42. The van der Waals surface area contributed by atoms with E-state index >= 15 is 0 Å². The van der Waals surface area contributed by atoms with Gasteiger partial charge in [0.1, 0.15) is 5.52 Å². The van der Waals surface area contributed by atoms with Gasteiger partial charge in [-0.2, -0.15) is 16.3 Å². The molecule has 3 heterocycles. The van der Waals surface area contributed by atoms with E-state index in [2.05, 4.69) is 26.7 Å². The minimum absolute atomic E-state index is 0.416. The van der Waals surface area contributed by atoms with Crippen LogP contribution < -0.4 is 4.90 Å². The highest BCUT2D eigenvalue weighted by molar-refractivity contribution is 7.08. The van der Waals surface area contributed by atoms with Crippen LogP contribution in [-0.4, -0.2) is 11.5 Å². The minimum Gasteiger partial charge on any atom is -0.423 e. The summed E-state index contributed by atoms with van der Waals surface area (Å²) in [5, 5.41) is 4.36. The standard InChI is InChI=1S/C15H14N2OS/c1-2-6-14-12(4-1)16-15(18-14)17-8-3-5-13(17)11-7-9-19-10-11/h1-2,4,6-7,9-10,13H,3,5,8H2/t13-/m1/s1. The SMILES string of the molecule is c1ccc2oc(N3CCC[C@@H]3c3ccsc3)nc2c1. The number of rotatable bonds is 2. The topological polar surface area (TPSA) is 29.3 Å². The van der Waals surface area contributed by atoms with Gasteiger partial charge < -0.3 is 9.32 Å². The molecule has 1 aromatic carbocycles. The van der Waals surface area contributed by atoms with Gasteiger partial charge in [-0.15, -0.1) is 0 Å². The summed E-state index contributed by atoms with van der Waals surface area (Å²) >= 11 is 1.75. The van der Waals surface area contributed by atoms with Crippen LogP contribution in [0.2, 0.25) is 0 Å². The zero-order valence-corrected chi connectivity index (χ0v) is 11.3. The van der Waals surface area contributed by atoms with Crippen molar-refractivity contribution in [3.8, 4) is 0 Å². The lowest BCUT2D eigenvalue weighted by Crippen LogP contribution is -2.22. The van der Waals surface area contributed by atoms with Crippen molar-refractivity contribution in [1.82, 2.24) is 4.98 Å². The van der Waals surface area contributed by atoms with Crippen molar-refractivity contribution in [2.75, 3.05) is 11.4 Å². The second-order valence-electron chi connectivity index (χ2n) is 4.87. The fraction of sp³-hybridized carbons (Fsp3) is 0.267. The van der Waals surface area contributed by atoms with Gasteiger partial charge in [0.2, 0.25) is 0 Å². The molecule has 0 radical (unpaired) electrons. The van der Waals surface area contributed by atoms with Crippen LogP contribution in [0.1, 0.15) is 24.4 Å². The van der Waals surface area contributed by atoms with Crippen molar-refractivity contribution in [2.45, 2.75) is 18.9 Å². The second-order valence-corrected chi connectivity index (χ2v) is 5.65. The first-order valence-corrected chi connectivity index (χ1v) is 7.50.